The van der Waals surface area contributed by atoms with Gasteiger partial charge in [0, 0.05) is 41.4 Å². The van der Waals surface area contributed by atoms with E-state index < -0.39 is 67.2 Å². The lowest BCUT2D eigenvalue weighted by atomic mass is 9.91. The van der Waals surface area contributed by atoms with Crippen LogP contribution in [0.5, 0.6) is 0 Å². The van der Waals surface area contributed by atoms with Crippen molar-refractivity contribution in [3.8, 4) is 6.07 Å². The van der Waals surface area contributed by atoms with Gasteiger partial charge in [0.2, 0.25) is 11.8 Å². The standard InChI is InChI=1S/C30H25ClF3N5O4.CH4/c31-23-7-2-1-6-22(23)26(27(40)37-20-8-11-30(33,34)12-9-20)38(21-5-3-4-19(32)15-21)28(41)24-17-43-29(42)39(24)25-14-18(16-35)10-13-36-25;/h1-7,10,13-15,20,24,26H,8-9,11-12,17H2,(H,37,40);1H4/t24-,26-;/m0./s1. The summed E-state index contributed by atoms with van der Waals surface area (Å²) in [6.07, 6.45) is -0.414. The van der Waals surface area contributed by atoms with Gasteiger partial charge in [-0.05, 0) is 49.2 Å². The lowest BCUT2D eigenvalue weighted by Gasteiger charge is -2.36. The SMILES string of the molecule is C.N#Cc1ccnc(N2C(=O)OC[C@H]2C(=O)N(c2cccc(F)c2)[C@H](C(=O)NC2CCC(F)(F)CC2)c2ccccc2Cl)c1. The smallest absolute Gasteiger partial charge is 0.416 e. The first-order valence-electron chi connectivity index (χ1n) is 13.4. The normalized spacial score (nSPS) is 18.4. The number of nitrogens with one attached hydrogen (secondary N) is 1. The summed E-state index contributed by atoms with van der Waals surface area (Å²) in [4.78, 5) is 47.4. The molecule has 2 heterocycles. The van der Waals surface area contributed by atoms with E-state index in [2.05, 4.69) is 10.3 Å². The average Bonchev–Trinajstić information content (AvgIpc) is 3.38. The van der Waals surface area contributed by atoms with E-state index in [1.54, 1.807) is 12.1 Å². The fraction of sp³-hybridized carbons (Fsp3) is 0.323. The molecule has 0 radical (unpaired) electrons. The van der Waals surface area contributed by atoms with Crippen LogP contribution in [0.25, 0.3) is 0 Å². The highest BCUT2D eigenvalue weighted by Crippen LogP contribution is 2.37. The van der Waals surface area contributed by atoms with E-state index in [1.165, 1.54) is 42.6 Å². The minimum atomic E-state index is -2.83. The molecule has 44 heavy (non-hydrogen) atoms. The molecule has 1 aliphatic carbocycles. The van der Waals surface area contributed by atoms with Gasteiger partial charge in [-0.25, -0.2) is 27.8 Å². The van der Waals surface area contributed by atoms with Crippen LogP contribution in [-0.2, 0) is 14.3 Å². The summed E-state index contributed by atoms with van der Waals surface area (Å²) in [6, 6.07) is 12.4. The van der Waals surface area contributed by atoms with Gasteiger partial charge in [0.05, 0.1) is 11.6 Å². The molecule has 13 heteroatoms. The molecule has 1 aliphatic heterocycles. The number of carbonyl (C=O) groups excluding carboxylic acids is 3. The highest BCUT2D eigenvalue weighted by atomic mass is 35.5. The fourth-order valence-corrected chi connectivity index (χ4v) is 5.46. The molecule has 2 aliphatic rings. The second-order valence-electron chi connectivity index (χ2n) is 10.2. The summed E-state index contributed by atoms with van der Waals surface area (Å²) >= 11 is 6.53. The predicted molar refractivity (Wildman–Crippen MR) is 157 cm³/mol. The number of anilines is 2. The van der Waals surface area contributed by atoms with Crippen LogP contribution in [0.15, 0.2) is 66.9 Å². The Balaban J connectivity index is 0.00000442. The van der Waals surface area contributed by atoms with Crippen molar-refractivity contribution in [2.24, 2.45) is 0 Å². The molecule has 3 amide bonds. The lowest BCUT2D eigenvalue weighted by molar-refractivity contribution is -0.128. The second-order valence-corrected chi connectivity index (χ2v) is 10.6. The molecule has 1 saturated heterocycles. The highest BCUT2D eigenvalue weighted by molar-refractivity contribution is 6.31. The van der Waals surface area contributed by atoms with E-state index in [0.717, 1.165) is 21.9 Å². The van der Waals surface area contributed by atoms with Crippen LogP contribution in [0.4, 0.5) is 29.5 Å². The van der Waals surface area contributed by atoms with E-state index >= 15 is 0 Å². The van der Waals surface area contributed by atoms with Crippen molar-refractivity contribution < 1.29 is 32.3 Å². The molecule has 3 aromatic rings. The topological polar surface area (TPSA) is 116 Å². The maximum atomic E-state index is 14.6. The van der Waals surface area contributed by atoms with Crippen LogP contribution >= 0.6 is 11.6 Å². The van der Waals surface area contributed by atoms with Gasteiger partial charge in [0.15, 0.2) is 6.04 Å². The van der Waals surface area contributed by atoms with Gasteiger partial charge in [0.1, 0.15) is 24.3 Å². The van der Waals surface area contributed by atoms with Crippen LogP contribution < -0.4 is 15.1 Å². The van der Waals surface area contributed by atoms with Gasteiger partial charge in [-0.15, -0.1) is 0 Å². The molecule has 230 valence electrons. The van der Waals surface area contributed by atoms with Crippen molar-refractivity contribution in [3.05, 3.63) is 88.8 Å². The Bertz CT molecular complexity index is 1590. The number of benzene rings is 2. The van der Waals surface area contributed by atoms with Crippen LogP contribution in [0, 0.1) is 17.1 Å². The number of hydrogen-bond acceptors (Lipinski definition) is 6. The van der Waals surface area contributed by atoms with Crippen molar-refractivity contribution in [3.63, 3.8) is 0 Å². The summed E-state index contributed by atoms with van der Waals surface area (Å²) < 4.78 is 47.4. The number of halogens is 4. The Morgan fingerprint density at radius 3 is 2.55 bits per heavy atom. The minimum Gasteiger partial charge on any atom is -0.446 e. The number of hydrogen-bond donors (Lipinski definition) is 1. The molecule has 1 saturated carbocycles. The number of nitriles is 1. The maximum Gasteiger partial charge on any atom is 0.416 e. The number of amides is 3. The Hall–Kier alpha value is -4.63. The largest absolute Gasteiger partial charge is 0.446 e. The number of ether oxygens (including phenoxy) is 1. The summed E-state index contributed by atoms with van der Waals surface area (Å²) in [5, 5.41) is 12.2. The zero-order chi connectivity index (χ0) is 30.7. The van der Waals surface area contributed by atoms with E-state index in [4.69, 9.17) is 16.3 Å². The molecule has 5 rings (SSSR count). The average molecular weight is 628 g/mol. The fourth-order valence-electron chi connectivity index (χ4n) is 5.23. The number of alkyl halides is 2. The van der Waals surface area contributed by atoms with E-state index in [-0.39, 0.29) is 47.9 Å². The Morgan fingerprint density at radius 2 is 1.86 bits per heavy atom. The van der Waals surface area contributed by atoms with Crippen molar-refractivity contribution in [1.82, 2.24) is 10.3 Å². The quantitative estimate of drug-likeness (QED) is 0.335. The molecule has 0 bridgehead atoms. The third kappa shape index (κ3) is 6.78. The maximum absolute atomic E-state index is 14.6. The Morgan fingerprint density at radius 1 is 1.14 bits per heavy atom. The number of nitrogens with zero attached hydrogens (tertiary/aromatic N) is 4. The predicted octanol–water partition coefficient (Wildman–Crippen LogP) is 6.18. The van der Waals surface area contributed by atoms with Crippen LogP contribution in [-0.4, -0.2) is 47.5 Å². The number of aromatic nitrogens is 1. The number of carbonyl (C=O) groups is 3. The third-order valence-electron chi connectivity index (χ3n) is 7.37. The van der Waals surface area contributed by atoms with Crippen LogP contribution in [0.1, 0.15) is 50.3 Å². The molecule has 1 aromatic heterocycles. The first kappa shape index (κ1) is 32.3. The van der Waals surface area contributed by atoms with E-state index in [1.807, 2.05) is 6.07 Å². The highest BCUT2D eigenvalue weighted by Gasteiger charge is 2.46. The Kier molecular flexibility index (Phi) is 9.79. The molecule has 9 nitrogen and oxygen atoms in total. The van der Waals surface area contributed by atoms with Gasteiger partial charge in [0.25, 0.3) is 5.91 Å². The van der Waals surface area contributed by atoms with Gasteiger partial charge < -0.3 is 10.1 Å². The molecule has 0 unspecified atom stereocenters. The molecule has 2 aromatic carbocycles. The monoisotopic (exact) mass is 627 g/mol. The van der Waals surface area contributed by atoms with Crippen molar-refractivity contribution in [2.75, 3.05) is 16.4 Å². The van der Waals surface area contributed by atoms with Gasteiger partial charge in [-0.2, -0.15) is 5.26 Å². The molecule has 2 atom stereocenters. The number of pyridine rings is 1. The first-order chi connectivity index (χ1) is 20.6. The van der Waals surface area contributed by atoms with Crippen molar-refractivity contribution >= 4 is 41.0 Å². The number of cyclic esters (lactones) is 1. The van der Waals surface area contributed by atoms with E-state index in [0.29, 0.717) is 0 Å². The van der Waals surface area contributed by atoms with Crippen molar-refractivity contribution in [2.45, 2.75) is 57.2 Å². The zero-order valence-electron chi connectivity index (χ0n) is 22.6. The number of rotatable bonds is 7. The van der Waals surface area contributed by atoms with Gasteiger partial charge >= 0.3 is 6.09 Å². The molecular formula is C31H29ClF3N5O4. The first-order valence-corrected chi connectivity index (χ1v) is 13.8. The van der Waals surface area contributed by atoms with Crippen LogP contribution in [0.2, 0.25) is 5.02 Å². The third-order valence-corrected chi connectivity index (χ3v) is 7.72. The summed E-state index contributed by atoms with van der Waals surface area (Å²) in [6.45, 7) is -0.434. The summed E-state index contributed by atoms with van der Waals surface area (Å²) in [7, 11) is 0. The zero-order valence-corrected chi connectivity index (χ0v) is 23.3. The molecular weight excluding hydrogens is 599 g/mol. The Labute approximate surface area is 257 Å². The molecule has 1 N–H and O–H groups in total. The second kappa shape index (κ2) is 13.3. The van der Waals surface area contributed by atoms with Gasteiger partial charge in [-0.3, -0.25) is 14.5 Å². The molecule has 0 spiro atoms. The lowest BCUT2D eigenvalue weighted by Crippen LogP contribution is -2.54. The summed E-state index contributed by atoms with van der Waals surface area (Å²) in [5.74, 6) is -5.15. The van der Waals surface area contributed by atoms with Crippen molar-refractivity contribution in [1.29, 1.82) is 5.26 Å². The van der Waals surface area contributed by atoms with Crippen LogP contribution in [0.3, 0.4) is 0 Å². The minimum absolute atomic E-state index is 0. The van der Waals surface area contributed by atoms with E-state index in [9.17, 15) is 32.8 Å². The molecule has 2 fully saturated rings. The van der Waals surface area contributed by atoms with Gasteiger partial charge in [-0.1, -0.05) is 43.3 Å². The summed E-state index contributed by atoms with van der Waals surface area (Å²) in [5.41, 5.74) is 0.323.